The Kier molecular flexibility index (Phi) is 3.03. The molecule has 0 saturated carbocycles. The smallest absolute Gasteiger partial charge is 0.129 e. The van der Waals surface area contributed by atoms with Crippen molar-refractivity contribution in [1.29, 1.82) is 0 Å². The standard InChI is InChI=1S/C12H16FNO/c1-14(2)8-11-12-9(6-7-15-11)4-3-5-10(12)13/h3-5,11H,6-8H2,1-2H3. The highest BCUT2D eigenvalue weighted by Gasteiger charge is 2.24. The average molecular weight is 209 g/mol. The fraction of sp³-hybridized carbons (Fsp3) is 0.500. The first-order valence-corrected chi connectivity index (χ1v) is 5.22. The molecule has 1 unspecified atom stereocenters. The number of hydrogen-bond acceptors (Lipinski definition) is 2. The molecule has 1 aliphatic rings. The molecule has 1 heterocycles. The second-order valence-electron chi connectivity index (χ2n) is 4.18. The van der Waals surface area contributed by atoms with Gasteiger partial charge < -0.3 is 9.64 Å². The van der Waals surface area contributed by atoms with Gasteiger partial charge in [-0.3, -0.25) is 0 Å². The van der Waals surface area contributed by atoms with Crippen LogP contribution in [-0.2, 0) is 11.2 Å². The van der Waals surface area contributed by atoms with E-state index in [0.717, 1.165) is 24.1 Å². The van der Waals surface area contributed by atoms with Gasteiger partial charge >= 0.3 is 0 Å². The summed E-state index contributed by atoms with van der Waals surface area (Å²) in [5, 5.41) is 0. The van der Waals surface area contributed by atoms with Gasteiger partial charge in [-0.1, -0.05) is 12.1 Å². The summed E-state index contributed by atoms with van der Waals surface area (Å²) < 4.78 is 19.3. The first-order valence-electron chi connectivity index (χ1n) is 5.22. The van der Waals surface area contributed by atoms with Crippen molar-refractivity contribution in [2.75, 3.05) is 27.2 Å². The highest BCUT2D eigenvalue weighted by molar-refractivity contribution is 5.32. The summed E-state index contributed by atoms with van der Waals surface area (Å²) in [5.74, 6) is -0.140. The number of hydrogen-bond donors (Lipinski definition) is 0. The Morgan fingerprint density at radius 2 is 2.27 bits per heavy atom. The van der Waals surface area contributed by atoms with Gasteiger partial charge in [-0.2, -0.15) is 0 Å². The Balaban J connectivity index is 2.32. The number of benzene rings is 1. The number of halogens is 1. The van der Waals surface area contributed by atoms with Crippen molar-refractivity contribution in [1.82, 2.24) is 4.90 Å². The summed E-state index contributed by atoms with van der Waals surface area (Å²) in [6.45, 7) is 1.42. The predicted octanol–water partition coefficient (Wildman–Crippen LogP) is 2.00. The van der Waals surface area contributed by atoms with Crippen molar-refractivity contribution >= 4 is 0 Å². The number of ether oxygens (including phenoxy) is 1. The lowest BCUT2D eigenvalue weighted by Gasteiger charge is -2.28. The van der Waals surface area contributed by atoms with Gasteiger partial charge in [0.2, 0.25) is 0 Å². The molecule has 0 aromatic heterocycles. The van der Waals surface area contributed by atoms with Crippen molar-refractivity contribution in [3.63, 3.8) is 0 Å². The summed E-state index contributed by atoms with van der Waals surface area (Å²) in [4.78, 5) is 2.02. The van der Waals surface area contributed by atoms with Crippen LogP contribution in [0.1, 0.15) is 17.2 Å². The third kappa shape index (κ3) is 2.19. The lowest BCUT2D eigenvalue weighted by molar-refractivity contribution is 0.0228. The molecule has 0 amide bonds. The minimum absolute atomic E-state index is 0.120. The molecular formula is C12H16FNO. The second kappa shape index (κ2) is 4.29. The van der Waals surface area contributed by atoms with E-state index in [2.05, 4.69) is 0 Å². The first kappa shape index (κ1) is 10.6. The topological polar surface area (TPSA) is 12.5 Å². The quantitative estimate of drug-likeness (QED) is 0.738. The zero-order chi connectivity index (χ0) is 10.8. The molecule has 0 fully saturated rings. The Hall–Kier alpha value is -0.930. The molecule has 0 saturated heterocycles. The van der Waals surface area contributed by atoms with E-state index in [-0.39, 0.29) is 11.9 Å². The maximum absolute atomic E-state index is 13.7. The predicted molar refractivity (Wildman–Crippen MR) is 57.4 cm³/mol. The van der Waals surface area contributed by atoms with Crippen LogP contribution in [0.25, 0.3) is 0 Å². The highest BCUT2D eigenvalue weighted by atomic mass is 19.1. The Morgan fingerprint density at radius 1 is 1.47 bits per heavy atom. The third-order valence-electron chi connectivity index (χ3n) is 2.69. The molecule has 1 atom stereocenters. The van der Waals surface area contributed by atoms with Crippen LogP contribution in [0, 0.1) is 5.82 Å². The Bertz CT molecular complexity index is 351. The molecule has 15 heavy (non-hydrogen) atoms. The Labute approximate surface area is 89.7 Å². The molecule has 0 spiro atoms. The fourth-order valence-electron chi connectivity index (χ4n) is 2.03. The van der Waals surface area contributed by atoms with Gasteiger partial charge in [0.05, 0.1) is 12.7 Å². The minimum atomic E-state index is -0.140. The van der Waals surface area contributed by atoms with Crippen LogP contribution in [-0.4, -0.2) is 32.1 Å². The Morgan fingerprint density at radius 3 is 3.00 bits per heavy atom. The van der Waals surface area contributed by atoms with E-state index in [4.69, 9.17) is 4.74 Å². The summed E-state index contributed by atoms with van der Waals surface area (Å²) in [7, 11) is 3.94. The molecule has 1 aliphatic heterocycles. The summed E-state index contributed by atoms with van der Waals surface area (Å²) >= 11 is 0. The zero-order valence-electron chi connectivity index (χ0n) is 9.16. The summed E-state index contributed by atoms with van der Waals surface area (Å²) in [5.41, 5.74) is 1.84. The first-order chi connectivity index (χ1) is 7.18. The van der Waals surface area contributed by atoms with Gasteiger partial charge in [-0.05, 0) is 32.1 Å². The van der Waals surface area contributed by atoms with Crippen molar-refractivity contribution < 1.29 is 9.13 Å². The van der Waals surface area contributed by atoms with Gasteiger partial charge in [0.25, 0.3) is 0 Å². The average Bonchev–Trinajstić information content (AvgIpc) is 2.17. The molecule has 2 nitrogen and oxygen atoms in total. The SMILES string of the molecule is CN(C)CC1OCCc2cccc(F)c21. The van der Waals surface area contributed by atoms with Gasteiger partial charge in [0, 0.05) is 12.1 Å². The van der Waals surface area contributed by atoms with Crippen molar-refractivity contribution in [3.05, 3.63) is 35.1 Å². The van der Waals surface area contributed by atoms with Crippen LogP contribution >= 0.6 is 0 Å². The van der Waals surface area contributed by atoms with Gasteiger partial charge in [-0.15, -0.1) is 0 Å². The molecule has 1 aromatic carbocycles. The van der Waals surface area contributed by atoms with Crippen LogP contribution in [0.15, 0.2) is 18.2 Å². The molecular weight excluding hydrogens is 193 g/mol. The van der Waals surface area contributed by atoms with E-state index < -0.39 is 0 Å². The lowest BCUT2D eigenvalue weighted by Crippen LogP contribution is -2.27. The largest absolute Gasteiger partial charge is 0.372 e. The zero-order valence-corrected chi connectivity index (χ0v) is 9.16. The monoisotopic (exact) mass is 209 g/mol. The molecule has 3 heteroatoms. The molecule has 2 rings (SSSR count). The molecule has 82 valence electrons. The molecule has 0 radical (unpaired) electrons. The molecule has 0 N–H and O–H groups in total. The number of rotatable bonds is 2. The van der Waals surface area contributed by atoms with E-state index in [1.165, 1.54) is 6.07 Å². The maximum Gasteiger partial charge on any atom is 0.129 e. The third-order valence-corrected chi connectivity index (χ3v) is 2.69. The van der Waals surface area contributed by atoms with Crippen LogP contribution in [0.3, 0.4) is 0 Å². The van der Waals surface area contributed by atoms with Gasteiger partial charge in [0.1, 0.15) is 5.82 Å². The van der Waals surface area contributed by atoms with E-state index in [1.807, 2.05) is 25.1 Å². The van der Waals surface area contributed by atoms with E-state index in [0.29, 0.717) is 6.61 Å². The van der Waals surface area contributed by atoms with Crippen LogP contribution in [0.2, 0.25) is 0 Å². The van der Waals surface area contributed by atoms with Crippen molar-refractivity contribution in [2.45, 2.75) is 12.5 Å². The number of nitrogens with zero attached hydrogens (tertiary/aromatic N) is 1. The minimum Gasteiger partial charge on any atom is -0.372 e. The molecule has 0 aliphatic carbocycles. The van der Waals surface area contributed by atoms with Crippen molar-refractivity contribution in [3.8, 4) is 0 Å². The lowest BCUT2D eigenvalue weighted by atomic mass is 9.97. The summed E-state index contributed by atoms with van der Waals surface area (Å²) in [6, 6.07) is 5.27. The van der Waals surface area contributed by atoms with Gasteiger partial charge in [-0.25, -0.2) is 4.39 Å². The van der Waals surface area contributed by atoms with Gasteiger partial charge in [0.15, 0.2) is 0 Å². The fourth-order valence-corrected chi connectivity index (χ4v) is 2.03. The molecule has 0 bridgehead atoms. The maximum atomic E-state index is 13.7. The van der Waals surface area contributed by atoms with E-state index in [9.17, 15) is 4.39 Å². The van der Waals surface area contributed by atoms with Crippen LogP contribution in [0.5, 0.6) is 0 Å². The molecule has 1 aromatic rings. The van der Waals surface area contributed by atoms with E-state index in [1.54, 1.807) is 6.07 Å². The van der Waals surface area contributed by atoms with E-state index >= 15 is 0 Å². The van der Waals surface area contributed by atoms with Crippen LogP contribution < -0.4 is 0 Å². The second-order valence-corrected chi connectivity index (χ2v) is 4.18. The number of fused-ring (bicyclic) bond motifs is 1. The highest BCUT2D eigenvalue weighted by Crippen LogP contribution is 2.29. The number of likely N-dealkylation sites (N-methyl/N-ethyl adjacent to an activating group) is 1. The van der Waals surface area contributed by atoms with Crippen LogP contribution in [0.4, 0.5) is 4.39 Å². The van der Waals surface area contributed by atoms with Crippen molar-refractivity contribution in [2.24, 2.45) is 0 Å². The normalized spacial score (nSPS) is 20.4. The summed E-state index contributed by atoms with van der Waals surface area (Å²) in [6.07, 6.45) is 0.696.